The molecule has 7 heteroatoms. The predicted molar refractivity (Wildman–Crippen MR) is 141 cm³/mol. The predicted octanol–water partition coefficient (Wildman–Crippen LogP) is 4.11. The van der Waals surface area contributed by atoms with E-state index in [0.717, 1.165) is 31.3 Å². The fourth-order valence-corrected chi connectivity index (χ4v) is 5.45. The van der Waals surface area contributed by atoms with Gasteiger partial charge < -0.3 is 29.2 Å². The minimum absolute atomic E-state index is 0.0863. The van der Waals surface area contributed by atoms with Gasteiger partial charge in [0.2, 0.25) is 0 Å². The average Bonchev–Trinajstić information content (AvgIpc) is 3.61. The summed E-state index contributed by atoms with van der Waals surface area (Å²) < 4.78 is 23.4. The lowest BCUT2D eigenvalue weighted by Gasteiger charge is -2.28. The zero-order chi connectivity index (χ0) is 26.4. The maximum atomic E-state index is 12.6. The zero-order valence-corrected chi connectivity index (χ0v) is 22.0. The lowest BCUT2D eigenvalue weighted by Crippen LogP contribution is -2.32. The van der Waals surface area contributed by atoms with Gasteiger partial charge in [-0.25, -0.2) is 4.79 Å². The maximum absolute atomic E-state index is 12.6. The van der Waals surface area contributed by atoms with Crippen LogP contribution >= 0.6 is 0 Å². The molecular weight excluding hydrogens is 472 g/mol. The van der Waals surface area contributed by atoms with E-state index < -0.39 is 24.3 Å². The second-order valence-electron chi connectivity index (χ2n) is 11.0. The highest BCUT2D eigenvalue weighted by Crippen LogP contribution is 2.35. The minimum Gasteiger partial charge on any atom is -0.456 e. The summed E-state index contributed by atoms with van der Waals surface area (Å²) in [5, 5.41) is 21.7. The average molecular weight is 515 g/mol. The Labute approximate surface area is 220 Å². The second-order valence-corrected chi connectivity index (χ2v) is 11.0. The second kappa shape index (κ2) is 13.2. The van der Waals surface area contributed by atoms with Crippen LogP contribution in [-0.2, 0) is 23.7 Å². The molecule has 4 heterocycles. The molecule has 2 unspecified atom stereocenters. The minimum atomic E-state index is -1.03. The summed E-state index contributed by atoms with van der Waals surface area (Å²) in [4.78, 5) is 12.6. The molecule has 1 saturated heterocycles. The molecule has 37 heavy (non-hydrogen) atoms. The Morgan fingerprint density at radius 2 is 1.97 bits per heavy atom. The number of hydrogen-bond donors (Lipinski definition) is 2. The molecule has 9 atom stereocenters. The van der Waals surface area contributed by atoms with Gasteiger partial charge in [-0.05, 0) is 51.4 Å². The van der Waals surface area contributed by atoms with Crippen LogP contribution in [0.5, 0.6) is 0 Å². The van der Waals surface area contributed by atoms with Gasteiger partial charge in [-0.15, -0.1) is 0 Å². The fourth-order valence-electron chi connectivity index (χ4n) is 5.45. The van der Waals surface area contributed by atoms with E-state index in [9.17, 15) is 15.0 Å². The number of hydrogen-bond acceptors (Lipinski definition) is 7. The standard InChI is InChI=1S/C30H42O7/c1-19-12-13-34-23(15-19)10-11-25(31)27-18-28-30(37-28)26(32)17-21(3)14-20(2)16-24-8-4-6-22(35-24)7-5-9-29(33)36-27/h4-6,9-12,20,22-28,30-32H,3,7-8,13-18H2,1-2H3/b9-5-,11-10+/t20?,22-,23-,24-,25+,26?,27+,28+,30+/m0/s1. The first-order valence-corrected chi connectivity index (χ1v) is 13.6. The summed E-state index contributed by atoms with van der Waals surface area (Å²) in [6.07, 6.45) is 14.3. The smallest absolute Gasteiger partial charge is 0.330 e. The first-order chi connectivity index (χ1) is 17.8. The van der Waals surface area contributed by atoms with E-state index in [2.05, 4.69) is 26.5 Å². The summed E-state index contributed by atoms with van der Waals surface area (Å²) in [6, 6.07) is 0. The Bertz CT molecular complexity index is 919. The maximum Gasteiger partial charge on any atom is 0.330 e. The van der Waals surface area contributed by atoms with Crippen molar-refractivity contribution in [1.82, 2.24) is 0 Å². The van der Waals surface area contributed by atoms with Crippen molar-refractivity contribution in [3.63, 3.8) is 0 Å². The highest BCUT2D eigenvalue weighted by atomic mass is 16.6. The number of fused-ring (bicyclic) bond motifs is 3. The van der Waals surface area contributed by atoms with Gasteiger partial charge >= 0.3 is 5.97 Å². The first kappa shape index (κ1) is 28.0. The number of rotatable bonds is 3. The largest absolute Gasteiger partial charge is 0.456 e. The molecule has 2 N–H and O–H groups in total. The van der Waals surface area contributed by atoms with Crippen molar-refractivity contribution < 1.29 is 34.0 Å². The number of carbonyl (C=O) groups excluding carboxylic acids is 1. The summed E-state index contributed by atoms with van der Waals surface area (Å²) in [5.74, 6) is -0.141. The normalized spacial score (nSPS) is 39.6. The fraction of sp³-hybridized carbons (Fsp3) is 0.633. The van der Waals surface area contributed by atoms with Crippen LogP contribution in [0.25, 0.3) is 0 Å². The Morgan fingerprint density at radius 1 is 1.14 bits per heavy atom. The Hall–Kier alpha value is -2.03. The van der Waals surface area contributed by atoms with Crippen LogP contribution in [0.4, 0.5) is 0 Å². The van der Waals surface area contributed by atoms with Crippen molar-refractivity contribution in [2.24, 2.45) is 5.92 Å². The van der Waals surface area contributed by atoms with Crippen LogP contribution in [0.2, 0.25) is 0 Å². The van der Waals surface area contributed by atoms with Crippen LogP contribution in [-0.4, -0.2) is 71.6 Å². The molecular formula is C30H42O7. The molecule has 0 saturated carbocycles. The molecule has 204 valence electrons. The quantitative estimate of drug-likeness (QED) is 0.332. The molecule has 0 amide bonds. The monoisotopic (exact) mass is 514 g/mol. The molecule has 4 rings (SSSR count). The van der Waals surface area contributed by atoms with Crippen LogP contribution in [0.15, 0.2) is 60.3 Å². The van der Waals surface area contributed by atoms with E-state index in [4.69, 9.17) is 18.9 Å². The molecule has 0 aromatic carbocycles. The van der Waals surface area contributed by atoms with Crippen LogP contribution in [0.1, 0.15) is 58.8 Å². The summed E-state index contributed by atoms with van der Waals surface area (Å²) in [5.41, 5.74) is 2.23. The molecule has 4 aliphatic rings. The number of esters is 1. The summed E-state index contributed by atoms with van der Waals surface area (Å²) in [6.45, 7) is 8.98. The van der Waals surface area contributed by atoms with Crippen LogP contribution in [0, 0.1) is 5.92 Å². The molecule has 0 radical (unpaired) electrons. The molecule has 0 spiro atoms. The van der Waals surface area contributed by atoms with Crippen molar-refractivity contribution in [3.8, 4) is 0 Å². The van der Waals surface area contributed by atoms with Crippen molar-refractivity contribution in [1.29, 1.82) is 0 Å². The van der Waals surface area contributed by atoms with Crippen molar-refractivity contribution in [2.75, 3.05) is 6.61 Å². The summed E-state index contributed by atoms with van der Waals surface area (Å²) in [7, 11) is 0. The third-order valence-corrected chi connectivity index (χ3v) is 7.44. The third kappa shape index (κ3) is 8.76. The molecule has 0 aliphatic carbocycles. The van der Waals surface area contributed by atoms with Gasteiger partial charge in [-0.1, -0.05) is 61.1 Å². The van der Waals surface area contributed by atoms with E-state index in [1.807, 2.05) is 18.2 Å². The van der Waals surface area contributed by atoms with Gasteiger partial charge in [0, 0.05) is 12.5 Å². The van der Waals surface area contributed by atoms with E-state index in [1.165, 1.54) is 11.6 Å². The molecule has 7 nitrogen and oxygen atoms in total. The number of aliphatic hydroxyl groups is 2. The first-order valence-electron chi connectivity index (χ1n) is 13.6. The zero-order valence-electron chi connectivity index (χ0n) is 22.0. The van der Waals surface area contributed by atoms with E-state index in [0.29, 0.717) is 25.4 Å². The Kier molecular flexibility index (Phi) is 9.96. The summed E-state index contributed by atoms with van der Waals surface area (Å²) >= 11 is 0. The third-order valence-electron chi connectivity index (χ3n) is 7.44. The van der Waals surface area contributed by atoms with Crippen molar-refractivity contribution in [3.05, 3.63) is 60.3 Å². The van der Waals surface area contributed by atoms with Gasteiger partial charge in [0.25, 0.3) is 0 Å². The molecule has 1 fully saturated rings. The lowest BCUT2D eigenvalue weighted by atomic mass is 9.91. The number of ether oxygens (including phenoxy) is 4. The van der Waals surface area contributed by atoms with E-state index in [-0.39, 0.29) is 36.9 Å². The van der Waals surface area contributed by atoms with Crippen molar-refractivity contribution >= 4 is 5.97 Å². The van der Waals surface area contributed by atoms with Gasteiger partial charge in [-0.2, -0.15) is 0 Å². The topological polar surface area (TPSA) is 97.8 Å². The number of epoxide rings is 1. The highest BCUT2D eigenvalue weighted by Gasteiger charge is 2.46. The Morgan fingerprint density at radius 3 is 2.78 bits per heavy atom. The lowest BCUT2D eigenvalue weighted by molar-refractivity contribution is -0.148. The van der Waals surface area contributed by atoms with Crippen LogP contribution < -0.4 is 0 Å². The highest BCUT2D eigenvalue weighted by molar-refractivity contribution is 5.82. The number of carbonyl (C=O) groups is 1. The molecule has 0 aromatic rings. The Balaban J connectivity index is 1.44. The SMILES string of the molecule is C=C1CC(C)C[C@@H]2CC=C[C@@H](C/C=C\C(=O)O[C@@H]([C@H](O)/C=C/[C@H]3CC(C)=CCO3)C[C@H]3O[C@@H]3C(O)C1)O2. The van der Waals surface area contributed by atoms with E-state index in [1.54, 1.807) is 12.2 Å². The number of cyclic esters (lactones) is 1. The van der Waals surface area contributed by atoms with Gasteiger partial charge in [0.15, 0.2) is 0 Å². The molecule has 2 bridgehead atoms. The van der Waals surface area contributed by atoms with Gasteiger partial charge in [0.05, 0.1) is 37.1 Å². The molecule has 0 aromatic heterocycles. The number of aliphatic hydroxyl groups excluding tert-OH is 2. The van der Waals surface area contributed by atoms with Gasteiger partial charge in [0.1, 0.15) is 18.3 Å². The molecule has 4 aliphatic heterocycles. The van der Waals surface area contributed by atoms with Crippen molar-refractivity contribution in [2.45, 2.75) is 108 Å². The van der Waals surface area contributed by atoms with Crippen LogP contribution in [0.3, 0.4) is 0 Å². The van der Waals surface area contributed by atoms with Gasteiger partial charge in [-0.3, -0.25) is 0 Å². The van der Waals surface area contributed by atoms with E-state index >= 15 is 0 Å².